The van der Waals surface area contributed by atoms with Crippen molar-refractivity contribution >= 4 is 6.29 Å². The fraction of sp³-hybridized carbons (Fsp3) is 0.345. The molecule has 0 spiro atoms. The van der Waals surface area contributed by atoms with Crippen LogP contribution in [0.1, 0.15) is 42.7 Å². The highest BCUT2D eigenvalue weighted by Crippen LogP contribution is 2.43. The molecule has 10 heteroatoms. The molecule has 4 unspecified atom stereocenters. The van der Waals surface area contributed by atoms with Crippen LogP contribution in [0.4, 0.5) is 0 Å². The van der Waals surface area contributed by atoms with Crippen molar-refractivity contribution in [3.8, 4) is 40.2 Å². The maximum Gasteiger partial charge on any atom is 0.163 e. The lowest BCUT2D eigenvalue weighted by atomic mass is 10.0. The van der Waals surface area contributed by atoms with Crippen molar-refractivity contribution in [3.63, 3.8) is 0 Å². The van der Waals surface area contributed by atoms with Crippen molar-refractivity contribution in [1.29, 1.82) is 0 Å². The molecular formula is C29H34O10. The summed E-state index contributed by atoms with van der Waals surface area (Å²) < 4.78 is 28.8. The highest BCUT2D eigenvalue weighted by atomic mass is 16.6. The number of hydrogen-bond acceptors (Lipinski definition) is 10. The Morgan fingerprint density at radius 2 is 1.67 bits per heavy atom. The molecule has 0 radical (unpaired) electrons. The van der Waals surface area contributed by atoms with Crippen LogP contribution in [0.3, 0.4) is 0 Å². The Balaban J connectivity index is 0.00000205. The Morgan fingerprint density at radius 3 is 2.31 bits per heavy atom. The number of phenols is 3. The van der Waals surface area contributed by atoms with E-state index < -0.39 is 24.4 Å². The number of aliphatic hydroxyl groups excluding tert-OH is 1. The Hall–Kier alpha value is -4.15. The van der Waals surface area contributed by atoms with Crippen LogP contribution in [0.15, 0.2) is 48.5 Å². The average Bonchev–Trinajstić information content (AvgIpc) is 2.95. The van der Waals surface area contributed by atoms with E-state index in [1.54, 1.807) is 37.3 Å². The topological polar surface area (TPSA) is 144 Å². The second-order valence-electron chi connectivity index (χ2n) is 8.48. The fourth-order valence-electron chi connectivity index (χ4n) is 4.11. The van der Waals surface area contributed by atoms with E-state index in [-0.39, 0.29) is 35.4 Å². The molecule has 10 nitrogen and oxygen atoms in total. The SMILES string of the molecule is CC.COc1cc(C2Oc3cc(C(Oc4cc(O)cc(O)c4C)C(C=O)OC)ccc3OC2CO)ccc1O. The van der Waals surface area contributed by atoms with E-state index in [1.165, 1.54) is 32.4 Å². The zero-order valence-corrected chi connectivity index (χ0v) is 22.5. The van der Waals surface area contributed by atoms with Crippen molar-refractivity contribution < 1.29 is 48.9 Å². The van der Waals surface area contributed by atoms with Crippen molar-refractivity contribution in [2.75, 3.05) is 20.8 Å². The minimum Gasteiger partial charge on any atom is -0.508 e. The quantitative estimate of drug-likeness (QED) is 0.288. The van der Waals surface area contributed by atoms with E-state index in [0.29, 0.717) is 34.5 Å². The Bertz CT molecular complexity index is 1280. The van der Waals surface area contributed by atoms with Gasteiger partial charge in [-0.25, -0.2) is 0 Å². The molecule has 1 aliphatic heterocycles. The first kappa shape index (κ1) is 29.4. The summed E-state index contributed by atoms with van der Waals surface area (Å²) in [5.74, 6) is 0.678. The van der Waals surface area contributed by atoms with Crippen LogP contribution < -0.4 is 18.9 Å². The molecule has 0 aromatic heterocycles. The molecule has 4 atom stereocenters. The Labute approximate surface area is 226 Å². The van der Waals surface area contributed by atoms with Gasteiger partial charge in [0.05, 0.1) is 13.7 Å². The summed E-state index contributed by atoms with van der Waals surface area (Å²) in [6.07, 6.45) is -2.89. The van der Waals surface area contributed by atoms with Crippen molar-refractivity contribution in [2.24, 2.45) is 0 Å². The molecule has 210 valence electrons. The van der Waals surface area contributed by atoms with Crippen LogP contribution in [-0.2, 0) is 9.53 Å². The van der Waals surface area contributed by atoms with Gasteiger partial charge in [-0.15, -0.1) is 0 Å². The van der Waals surface area contributed by atoms with Gasteiger partial charge in [-0.1, -0.05) is 26.0 Å². The van der Waals surface area contributed by atoms with E-state index in [2.05, 4.69) is 0 Å². The molecule has 0 amide bonds. The number of aromatic hydroxyl groups is 3. The number of ether oxygens (including phenoxy) is 5. The maximum absolute atomic E-state index is 11.8. The second-order valence-corrected chi connectivity index (χ2v) is 8.48. The molecule has 1 heterocycles. The predicted molar refractivity (Wildman–Crippen MR) is 142 cm³/mol. The minimum absolute atomic E-state index is 0.0426. The number of carbonyl (C=O) groups excluding carboxylic acids is 1. The number of rotatable bonds is 9. The van der Waals surface area contributed by atoms with Gasteiger partial charge in [0, 0.05) is 30.4 Å². The summed E-state index contributed by atoms with van der Waals surface area (Å²) in [5, 5.41) is 39.9. The number of benzene rings is 3. The molecule has 4 N–H and O–H groups in total. The van der Waals surface area contributed by atoms with Crippen molar-refractivity contribution in [2.45, 2.75) is 45.2 Å². The number of hydrogen-bond donors (Lipinski definition) is 4. The second kappa shape index (κ2) is 13.1. The molecule has 4 rings (SSSR count). The number of aliphatic hydroxyl groups is 1. The van der Waals surface area contributed by atoms with Crippen LogP contribution in [0.5, 0.6) is 40.2 Å². The van der Waals surface area contributed by atoms with E-state index >= 15 is 0 Å². The highest BCUT2D eigenvalue weighted by Gasteiger charge is 2.35. The van der Waals surface area contributed by atoms with Gasteiger partial charge >= 0.3 is 0 Å². The van der Waals surface area contributed by atoms with Gasteiger partial charge in [-0.2, -0.15) is 0 Å². The smallest absolute Gasteiger partial charge is 0.163 e. The summed E-state index contributed by atoms with van der Waals surface area (Å²) in [6, 6.07) is 12.1. The number of phenolic OH excluding ortho intramolecular Hbond substituents is 3. The minimum atomic E-state index is -1.03. The van der Waals surface area contributed by atoms with Crippen LogP contribution in [0.2, 0.25) is 0 Å². The first-order valence-corrected chi connectivity index (χ1v) is 12.4. The molecule has 0 bridgehead atoms. The molecule has 1 aliphatic rings. The van der Waals surface area contributed by atoms with Gasteiger partial charge in [0.25, 0.3) is 0 Å². The summed E-state index contributed by atoms with van der Waals surface area (Å²) >= 11 is 0. The van der Waals surface area contributed by atoms with Gasteiger partial charge in [-0.3, -0.25) is 0 Å². The van der Waals surface area contributed by atoms with Crippen LogP contribution >= 0.6 is 0 Å². The Morgan fingerprint density at radius 1 is 0.923 bits per heavy atom. The number of carbonyl (C=O) groups is 1. The zero-order valence-electron chi connectivity index (χ0n) is 22.5. The molecule has 0 saturated carbocycles. The highest BCUT2D eigenvalue weighted by molar-refractivity contribution is 5.59. The summed E-state index contributed by atoms with van der Waals surface area (Å²) in [5.41, 5.74) is 1.47. The third-order valence-corrected chi connectivity index (χ3v) is 6.15. The van der Waals surface area contributed by atoms with E-state index in [1.807, 2.05) is 13.8 Å². The van der Waals surface area contributed by atoms with Crippen molar-refractivity contribution in [3.05, 3.63) is 65.2 Å². The number of fused-ring (bicyclic) bond motifs is 1. The van der Waals surface area contributed by atoms with E-state index in [4.69, 9.17) is 23.7 Å². The fourth-order valence-corrected chi connectivity index (χ4v) is 4.11. The molecule has 3 aromatic rings. The predicted octanol–water partition coefficient (Wildman–Crippen LogP) is 4.35. The molecule has 0 aliphatic carbocycles. The third kappa shape index (κ3) is 6.30. The summed E-state index contributed by atoms with van der Waals surface area (Å²) in [6.45, 7) is 5.27. The Kier molecular flexibility index (Phi) is 9.86. The largest absolute Gasteiger partial charge is 0.508 e. The zero-order chi connectivity index (χ0) is 28.7. The number of methoxy groups -OCH3 is 2. The van der Waals surface area contributed by atoms with Gasteiger partial charge in [0.15, 0.2) is 53.7 Å². The summed E-state index contributed by atoms with van der Waals surface area (Å²) in [7, 11) is 2.79. The first-order chi connectivity index (χ1) is 18.8. The van der Waals surface area contributed by atoms with Gasteiger partial charge in [0.1, 0.15) is 17.2 Å². The molecule has 0 fully saturated rings. The first-order valence-electron chi connectivity index (χ1n) is 12.4. The van der Waals surface area contributed by atoms with E-state index in [9.17, 15) is 25.2 Å². The normalized spacial score (nSPS) is 17.3. The summed E-state index contributed by atoms with van der Waals surface area (Å²) in [4.78, 5) is 11.8. The van der Waals surface area contributed by atoms with Crippen molar-refractivity contribution in [1.82, 2.24) is 0 Å². The maximum atomic E-state index is 11.8. The van der Waals surface area contributed by atoms with Crippen LogP contribution in [0, 0.1) is 6.92 Å². The lowest BCUT2D eigenvalue weighted by molar-refractivity contribution is -0.122. The number of aldehydes is 1. The average molecular weight is 543 g/mol. The lowest BCUT2D eigenvalue weighted by Crippen LogP contribution is -2.36. The lowest BCUT2D eigenvalue weighted by Gasteiger charge is -2.34. The van der Waals surface area contributed by atoms with Gasteiger partial charge in [0.2, 0.25) is 0 Å². The van der Waals surface area contributed by atoms with Gasteiger partial charge < -0.3 is 48.9 Å². The standard InChI is InChI=1S/C27H28O10.C2H6/c1-14-19(32)10-17(30)11-21(14)36-26(24(12-28)34-3)16-5-7-20-23(9-16)37-27(25(13-29)35-20)15-4-6-18(31)22(8-15)33-2;1-2/h4-12,24-27,29-32H,13H2,1-3H3;1-2H3. The molecule has 0 saturated heterocycles. The van der Waals surface area contributed by atoms with Gasteiger partial charge in [-0.05, 0) is 36.8 Å². The third-order valence-electron chi connectivity index (χ3n) is 6.15. The van der Waals surface area contributed by atoms with Crippen LogP contribution in [0.25, 0.3) is 0 Å². The molecule has 3 aromatic carbocycles. The molecular weight excluding hydrogens is 508 g/mol. The van der Waals surface area contributed by atoms with Crippen LogP contribution in [-0.4, -0.2) is 59.7 Å². The monoisotopic (exact) mass is 542 g/mol. The molecule has 39 heavy (non-hydrogen) atoms. The van der Waals surface area contributed by atoms with E-state index in [0.717, 1.165) is 0 Å².